The van der Waals surface area contributed by atoms with Gasteiger partial charge in [-0.1, -0.05) is 18.2 Å². The fraction of sp³-hybridized carbons (Fsp3) is 0.250. The second-order valence-corrected chi connectivity index (χ2v) is 4.85. The van der Waals surface area contributed by atoms with Crippen LogP contribution in [0.15, 0.2) is 48.7 Å². The number of benzene rings is 1. The third-order valence-corrected chi connectivity index (χ3v) is 3.41. The molecule has 0 aliphatic rings. The number of carboxylic acid groups (broad SMARTS) is 1. The molecular weight excluding hydrogens is 252 g/mol. The normalized spacial score (nSPS) is 12.3. The Balaban J connectivity index is 2.04. The molecule has 1 heterocycles. The van der Waals surface area contributed by atoms with Crippen molar-refractivity contribution in [3.63, 3.8) is 0 Å². The quantitative estimate of drug-likeness (QED) is 0.907. The average Bonchev–Trinajstić information content (AvgIpc) is 2.48. The van der Waals surface area contributed by atoms with E-state index in [1.165, 1.54) is 0 Å². The lowest BCUT2D eigenvalue weighted by molar-refractivity contribution is 0.0697. The van der Waals surface area contributed by atoms with Gasteiger partial charge in [-0.3, -0.25) is 9.88 Å². The molecule has 0 saturated heterocycles. The number of aromatic carboxylic acids is 1. The first-order valence-electron chi connectivity index (χ1n) is 6.51. The first-order valence-corrected chi connectivity index (χ1v) is 6.51. The van der Waals surface area contributed by atoms with Crippen molar-refractivity contribution in [1.82, 2.24) is 9.88 Å². The Morgan fingerprint density at radius 2 is 1.95 bits per heavy atom. The third kappa shape index (κ3) is 3.42. The van der Waals surface area contributed by atoms with Crippen molar-refractivity contribution in [3.05, 3.63) is 65.5 Å². The standard InChI is InChI=1S/C16H18N2O2/c1-12(15-5-3-4-10-17-15)18(2)11-13-6-8-14(9-7-13)16(19)20/h3-10,12H,11H2,1-2H3,(H,19,20). The average molecular weight is 270 g/mol. The van der Waals surface area contributed by atoms with Crippen LogP contribution >= 0.6 is 0 Å². The molecule has 0 amide bonds. The molecule has 0 aliphatic carbocycles. The van der Waals surface area contributed by atoms with Crippen LogP contribution in [0.4, 0.5) is 0 Å². The van der Waals surface area contributed by atoms with Gasteiger partial charge in [0.05, 0.1) is 11.3 Å². The van der Waals surface area contributed by atoms with Gasteiger partial charge in [0, 0.05) is 18.8 Å². The number of pyridine rings is 1. The van der Waals surface area contributed by atoms with Crippen molar-refractivity contribution < 1.29 is 9.90 Å². The maximum absolute atomic E-state index is 10.8. The van der Waals surface area contributed by atoms with Gasteiger partial charge < -0.3 is 5.11 Å². The van der Waals surface area contributed by atoms with E-state index in [2.05, 4.69) is 16.8 Å². The molecule has 0 aliphatic heterocycles. The molecule has 20 heavy (non-hydrogen) atoms. The number of rotatable bonds is 5. The summed E-state index contributed by atoms with van der Waals surface area (Å²) in [5.41, 5.74) is 2.42. The van der Waals surface area contributed by atoms with E-state index in [1.807, 2.05) is 37.4 Å². The van der Waals surface area contributed by atoms with Crippen LogP contribution in [0.2, 0.25) is 0 Å². The highest BCUT2D eigenvalue weighted by atomic mass is 16.4. The number of hydrogen-bond donors (Lipinski definition) is 1. The third-order valence-electron chi connectivity index (χ3n) is 3.41. The summed E-state index contributed by atoms with van der Waals surface area (Å²) in [5.74, 6) is -0.897. The number of nitrogens with zero attached hydrogens (tertiary/aromatic N) is 2. The summed E-state index contributed by atoms with van der Waals surface area (Å²) >= 11 is 0. The van der Waals surface area contributed by atoms with Crippen molar-refractivity contribution in [1.29, 1.82) is 0 Å². The molecule has 0 saturated carbocycles. The number of hydrogen-bond acceptors (Lipinski definition) is 3. The van der Waals surface area contributed by atoms with Gasteiger partial charge in [0.1, 0.15) is 0 Å². The molecule has 1 atom stereocenters. The number of carboxylic acids is 1. The highest BCUT2D eigenvalue weighted by Crippen LogP contribution is 2.18. The molecular formula is C16H18N2O2. The summed E-state index contributed by atoms with van der Waals surface area (Å²) in [5, 5.41) is 8.88. The zero-order valence-electron chi connectivity index (χ0n) is 11.7. The molecule has 0 bridgehead atoms. The molecule has 104 valence electrons. The van der Waals surface area contributed by atoms with E-state index >= 15 is 0 Å². The fourth-order valence-electron chi connectivity index (χ4n) is 2.03. The summed E-state index contributed by atoms with van der Waals surface area (Å²) in [4.78, 5) is 17.3. The predicted octanol–water partition coefficient (Wildman–Crippen LogP) is 2.97. The summed E-state index contributed by atoms with van der Waals surface area (Å²) in [6.45, 7) is 2.85. The Hall–Kier alpha value is -2.20. The van der Waals surface area contributed by atoms with Crippen LogP contribution in [0.5, 0.6) is 0 Å². The van der Waals surface area contributed by atoms with Crippen LogP contribution in [0.25, 0.3) is 0 Å². The lowest BCUT2D eigenvalue weighted by Gasteiger charge is -2.24. The van der Waals surface area contributed by atoms with E-state index in [0.717, 1.165) is 17.8 Å². The lowest BCUT2D eigenvalue weighted by atomic mass is 10.1. The van der Waals surface area contributed by atoms with E-state index < -0.39 is 5.97 Å². The summed E-state index contributed by atoms with van der Waals surface area (Å²) in [7, 11) is 2.03. The van der Waals surface area contributed by atoms with Gasteiger partial charge in [0.2, 0.25) is 0 Å². The summed E-state index contributed by atoms with van der Waals surface area (Å²) < 4.78 is 0. The molecule has 1 N–H and O–H groups in total. The van der Waals surface area contributed by atoms with Gasteiger partial charge >= 0.3 is 5.97 Å². The molecule has 4 heteroatoms. The SMILES string of the molecule is CC(c1ccccn1)N(C)Cc1ccc(C(=O)O)cc1. The Morgan fingerprint density at radius 1 is 1.25 bits per heavy atom. The van der Waals surface area contributed by atoms with E-state index in [9.17, 15) is 4.79 Å². The van der Waals surface area contributed by atoms with Crippen LogP contribution in [0.3, 0.4) is 0 Å². The zero-order chi connectivity index (χ0) is 14.5. The van der Waals surface area contributed by atoms with Gasteiger partial charge in [-0.15, -0.1) is 0 Å². The molecule has 2 rings (SSSR count). The van der Waals surface area contributed by atoms with Gasteiger partial charge in [-0.2, -0.15) is 0 Å². The lowest BCUT2D eigenvalue weighted by Crippen LogP contribution is -2.22. The summed E-state index contributed by atoms with van der Waals surface area (Å²) in [6.07, 6.45) is 1.79. The molecule has 0 fully saturated rings. The molecule has 1 aromatic heterocycles. The molecule has 2 aromatic rings. The minimum Gasteiger partial charge on any atom is -0.478 e. The highest BCUT2D eigenvalue weighted by molar-refractivity contribution is 5.87. The molecule has 1 unspecified atom stereocenters. The highest BCUT2D eigenvalue weighted by Gasteiger charge is 2.13. The zero-order valence-corrected chi connectivity index (χ0v) is 11.7. The van der Waals surface area contributed by atoms with Crippen LogP contribution < -0.4 is 0 Å². The summed E-state index contributed by atoms with van der Waals surface area (Å²) in [6, 6.07) is 13.1. The van der Waals surface area contributed by atoms with E-state index in [4.69, 9.17) is 5.11 Å². The Morgan fingerprint density at radius 3 is 2.50 bits per heavy atom. The molecule has 1 aromatic carbocycles. The van der Waals surface area contributed by atoms with Crippen LogP contribution in [0.1, 0.15) is 34.6 Å². The molecule has 0 radical (unpaired) electrons. The second-order valence-electron chi connectivity index (χ2n) is 4.85. The Labute approximate surface area is 118 Å². The van der Waals surface area contributed by atoms with Gasteiger partial charge in [-0.05, 0) is 43.8 Å². The smallest absolute Gasteiger partial charge is 0.335 e. The fourth-order valence-corrected chi connectivity index (χ4v) is 2.03. The first kappa shape index (κ1) is 14.2. The van der Waals surface area contributed by atoms with Gasteiger partial charge in [-0.25, -0.2) is 4.79 Å². The second kappa shape index (κ2) is 6.30. The maximum Gasteiger partial charge on any atom is 0.335 e. The Bertz CT molecular complexity index is 567. The van der Waals surface area contributed by atoms with Crippen LogP contribution in [-0.2, 0) is 6.54 Å². The monoisotopic (exact) mass is 270 g/mol. The number of carbonyl (C=O) groups is 1. The van der Waals surface area contributed by atoms with Crippen LogP contribution in [0, 0.1) is 0 Å². The first-order chi connectivity index (χ1) is 9.58. The van der Waals surface area contributed by atoms with Crippen molar-refractivity contribution in [2.75, 3.05) is 7.05 Å². The van der Waals surface area contributed by atoms with Gasteiger partial charge in [0.15, 0.2) is 0 Å². The minimum atomic E-state index is -0.897. The van der Waals surface area contributed by atoms with Crippen molar-refractivity contribution in [3.8, 4) is 0 Å². The topological polar surface area (TPSA) is 53.4 Å². The minimum absolute atomic E-state index is 0.204. The van der Waals surface area contributed by atoms with Gasteiger partial charge in [0.25, 0.3) is 0 Å². The maximum atomic E-state index is 10.8. The number of aromatic nitrogens is 1. The van der Waals surface area contributed by atoms with Crippen molar-refractivity contribution in [2.45, 2.75) is 19.5 Å². The molecule has 0 spiro atoms. The van der Waals surface area contributed by atoms with Crippen molar-refractivity contribution in [2.24, 2.45) is 0 Å². The van der Waals surface area contributed by atoms with Crippen LogP contribution in [-0.4, -0.2) is 28.0 Å². The van der Waals surface area contributed by atoms with E-state index in [1.54, 1.807) is 18.3 Å². The van der Waals surface area contributed by atoms with Crippen molar-refractivity contribution >= 4 is 5.97 Å². The Kier molecular flexibility index (Phi) is 4.48. The van der Waals surface area contributed by atoms with E-state index in [-0.39, 0.29) is 6.04 Å². The molecule has 4 nitrogen and oxygen atoms in total. The predicted molar refractivity (Wildman–Crippen MR) is 77.5 cm³/mol. The largest absolute Gasteiger partial charge is 0.478 e. The van der Waals surface area contributed by atoms with E-state index in [0.29, 0.717) is 5.56 Å².